The Labute approximate surface area is 118 Å². The lowest BCUT2D eigenvalue weighted by Gasteiger charge is -2.27. The number of aryl methyl sites for hydroxylation is 2. The van der Waals surface area contributed by atoms with E-state index in [0.717, 1.165) is 12.5 Å². The number of pyridine rings is 1. The fraction of sp³-hybridized carbons (Fsp3) is 0.706. The Hall–Kier alpha value is -0.890. The van der Waals surface area contributed by atoms with Crippen LogP contribution >= 0.6 is 0 Å². The minimum atomic E-state index is 0.439. The maximum atomic E-state index is 4.70. The zero-order valence-electron chi connectivity index (χ0n) is 12.7. The minimum absolute atomic E-state index is 0.439. The Morgan fingerprint density at radius 3 is 2.63 bits per heavy atom. The molecule has 1 aliphatic rings. The van der Waals surface area contributed by atoms with E-state index in [4.69, 9.17) is 4.98 Å². The summed E-state index contributed by atoms with van der Waals surface area (Å²) in [6, 6.07) is 2.70. The van der Waals surface area contributed by atoms with Crippen molar-refractivity contribution < 1.29 is 0 Å². The molecule has 1 unspecified atom stereocenters. The lowest BCUT2D eigenvalue weighted by Crippen LogP contribution is -2.26. The van der Waals surface area contributed by atoms with Crippen molar-refractivity contribution in [3.8, 4) is 0 Å². The summed E-state index contributed by atoms with van der Waals surface area (Å²) in [6.07, 6.45) is 10.4. The van der Waals surface area contributed by atoms with Crippen LogP contribution in [0.25, 0.3) is 0 Å². The molecule has 1 aromatic rings. The minimum Gasteiger partial charge on any atom is -0.309 e. The third-order valence-electron chi connectivity index (χ3n) is 4.33. The molecule has 0 aliphatic heterocycles. The molecule has 1 N–H and O–H groups in total. The zero-order chi connectivity index (χ0) is 13.7. The summed E-state index contributed by atoms with van der Waals surface area (Å²) in [5, 5.41) is 3.64. The lowest BCUT2D eigenvalue weighted by molar-refractivity contribution is 0.299. The van der Waals surface area contributed by atoms with Gasteiger partial charge in [0.15, 0.2) is 0 Å². The molecular formula is C17H28N2. The lowest BCUT2D eigenvalue weighted by atomic mass is 9.83. The predicted molar refractivity (Wildman–Crippen MR) is 81.3 cm³/mol. The number of rotatable bonds is 5. The second-order valence-corrected chi connectivity index (χ2v) is 6.06. The number of hydrogen-bond donors (Lipinski definition) is 1. The van der Waals surface area contributed by atoms with Gasteiger partial charge in [-0.05, 0) is 43.9 Å². The SMILES string of the molecule is CCNC(CC1CCCCC1)c1ncc(C)cc1C. The van der Waals surface area contributed by atoms with Crippen molar-refractivity contribution in [1.82, 2.24) is 10.3 Å². The average molecular weight is 260 g/mol. The van der Waals surface area contributed by atoms with Crippen LogP contribution in [0.5, 0.6) is 0 Å². The summed E-state index contributed by atoms with van der Waals surface area (Å²) in [7, 11) is 0. The maximum Gasteiger partial charge on any atom is 0.0602 e. The first-order chi connectivity index (χ1) is 9.20. The second kappa shape index (κ2) is 7.04. The fourth-order valence-electron chi connectivity index (χ4n) is 3.38. The average Bonchev–Trinajstić information content (AvgIpc) is 2.39. The van der Waals surface area contributed by atoms with Crippen molar-refractivity contribution in [1.29, 1.82) is 0 Å². The normalized spacial score (nSPS) is 18.5. The molecule has 106 valence electrons. The molecule has 1 aromatic heterocycles. The van der Waals surface area contributed by atoms with Crippen LogP contribution in [0.15, 0.2) is 12.3 Å². The molecule has 0 radical (unpaired) electrons. The number of aromatic nitrogens is 1. The monoisotopic (exact) mass is 260 g/mol. The fourth-order valence-corrected chi connectivity index (χ4v) is 3.38. The molecular weight excluding hydrogens is 232 g/mol. The zero-order valence-corrected chi connectivity index (χ0v) is 12.7. The van der Waals surface area contributed by atoms with E-state index in [0.29, 0.717) is 6.04 Å². The highest BCUT2D eigenvalue weighted by molar-refractivity contribution is 5.25. The first-order valence-corrected chi connectivity index (χ1v) is 7.87. The van der Waals surface area contributed by atoms with Gasteiger partial charge in [0.25, 0.3) is 0 Å². The van der Waals surface area contributed by atoms with E-state index in [-0.39, 0.29) is 0 Å². The van der Waals surface area contributed by atoms with E-state index < -0.39 is 0 Å². The van der Waals surface area contributed by atoms with E-state index in [2.05, 4.69) is 32.2 Å². The van der Waals surface area contributed by atoms with Gasteiger partial charge in [0.05, 0.1) is 5.69 Å². The molecule has 19 heavy (non-hydrogen) atoms. The van der Waals surface area contributed by atoms with Crippen LogP contribution in [0.3, 0.4) is 0 Å². The van der Waals surface area contributed by atoms with Crippen LogP contribution in [-0.2, 0) is 0 Å². The van der Waals surface area contributed by atoms with E-state index >= 15 is 0 Å². The van der Waals surface area contributed by atoms with E-state index in [1.54, 1.807) is 0 Å². The number of hydrogen-bond acceptors (Lipinski definition) is 2. The van der Waals surface area contributed by atoms with Gasteiger partial charge >= 0.3 is 0 Å². The second-order valence-electron chi connectivity index (χ2n) is 6.06. The van der Waals surface area contributed by atoms with E-state index in [9.17, 15) is 0 Å². The standard InChI is InChI=1S/C17H28N2/c1-4-18-16(11-15-8-6-5-7-9-15)17-14(3)10-13(2)12-19-17/h10,12,15-16,18H,4-9,11H2,1-3H3. The topological polar surface area (TPSA) is 24.9 Å². The summed E-state index contributed by atoms with van der Waals surface area (Å²) >= 11 is 0. The van der Waals surface area contributed by atoms with Gasteiger partial charge < -0.3 is 5.32 Å². The maximum absolute atomic E-state index is 4.70. The van der Waals surface area contributed by atoms with Crippen molar-refractivity contribution in [3.05, 3.63) is 29.1 Å². The van der Waals surface area contributed by atoms with Crippen molar-refractivity contribution in [2.45, 2.75) is 65.3 Å². The Balaban J connectivity index is 2.09. The predicted octanol–water partition coefficient (Wildman–Crippen LogP) is 4.32. The molecule has 1 heterocycles. The number of nitrogens with zero attached hydrogens (tertiary/aromatic N) is 1. The van der Waals surface area contributed by atoms with Crippen molar-refractivity contribution >= 4 is 0 Å². The highest BCUT2D eigenvalue weighted by Crippen LogP contribution is 2.32. The van der Waals surface area contributed by atoms with E-state index in [1.165, 1.54) is 55.3 Å². The van der Waals surface area contributed by atoms with Gasteiger partial charge in [-0.15, -0.1) is 0 Å². The third kappa shape index (κ3) is 4.04. The summed E-state index contributed by atoms with van der Waals surface area (Å²) in [6.45, 7) is 7.53. The Kier molecular flexibility index (Phi) is 5.38. The molecule has 0 amide bonds. The molecule has 0 spiro atoms. The Bertz CT molecular complexity index is 394. The Morgan fingerprint density at radius 1 is 1.26 bits per heavy atom. The van der Waals surface area contributed by atoms with Gasteiger partial charge in [-0.3, -0.25) is 4.98 Å². The molecule has 0 bridgehead atoms. The first kappa shape index (κ1) is 14.5. The van der Waals surface area contributed by atoms with E-state index in [1.807, 2.05) is 6.20 Å². The van der Waals surface area contributed by atoms with Crippen LogP contribution in [0.1, 0.15) is 68.3 Å². The number of nitrogens with one attached hydrogen (secondary N) is 1. The summed E-state index contributed by atoms with van der Waals surface area (Å²) < 4.78 is 0. The molecule has 0 saturated heterocycles. The first-order valence-electron chi connectivity index (χ1n) is 7.87. The van der Waals surface area contributed by atoms with Gasteiger partial charge in [0.1, 0.15) is 0 Å². The molecule has 2 nitrogen and oxygen atoms in total. The molecule has 0 aromatic carbocycles. The Morgan fingerprint density at radius 2 is 2.00 bits per heavy atom. The quantitative estimate of drug-likeness (QED) is 0.853. The molecule has 1 aliphatic carbocycles. The molecule has 1 atom stereocenters. The highest BCUT2D eigenvalue weighted by Gasteiger charge is 2.21. The van der Waals surface area contributed by atoms with Crippen LogP contribution in [0.2, 0.25) is 0 Å². The van der Waals surface area contributed by atoms with Crippen molar-refractivity contribution in [2.75, 3.05) is 6.54 Å². The van der Waals surface area contributed by atoms with Gasteiger partial charge in [0, 0.05) is 12.2 Å². The molecule has 1 fully saturated rings. The molecule has 2 rings (SSSR count). The van der Waals surface area contributed by atoms with Gasteiger partial charge in [-0.25, -0.2) is 0 Å². The smallest absolute Gasteiger partial charge is 0.0602 e. The van der Waals surface area contributed by atoms with Crippen LogP contribution in [-0.4, -0.2) is 11.5 Å². The largest absolute Gasteiger partial charge is 0.309 e. The van der Waals surface area contributed by atoms with Gasteiger partial charge in [-0.2, -0.15) is 0 Å². The van der Waals surface area contributed by atoms with Crippen molar-refractivity contribution in [3.63, 3.8) is 0 Å². The third-order valence-corrected chi connectivity index (χ3v) is 4.33. The van der Waals surface area contributed by atoms with Crippen LogP contribution in [0.4, 0.5) is 0 Å². The van der Waals surface area contributed by atoms with Crippen LogP contribution < -0.4 is 5.32 Å². The summed E-state index contributed by atoms with van der Waals surface area (Å²) in [4.78, 5) is 4.70. The van der Waals surface area contributed by atoms with Gasteiger partial charge in [-0.1, -0.05) is 45.1 Å². The van der Waals surface area contributed by atoms with Crippen molar-refractivity contribution in [2.24, 2.45) is 5.92 Å². The summed E-state index contributed by atoms with van der Waals surface area (Å²) in [5.74, 6) is 0.889. The van der Waals surface area contributed by atoms with Gasteiger partial charge in [0.2, 0.25) is 0 Å². The molecule has 1 saturated carbocycles. The molecule has 2 heteroatoms. The van der Waals surface area contributed by atoms with Crippen LogP contribution in [0, 0.1) is 19.8 Å². The summed E-state index contributed by atoms with van der Waals surface area (Å²) in [5.41, 5.74) is 3.86. The highest BCUT2D eigenvalue weighted by atomic mass is 14.9.